The zero-order valence-corrected chi connectivity index (χ0v) is 5.54. The molecule has 0 aliphatic heterocycles. The maximum Gasteiger partial charge on any atom is 0.332 e. The van der Waals surface area contributed by atoms with Gasteiger partial charge in [-0.05, 0) is 6.42 Å². The van der Waals surface area contributed by atoms with Crippen LogP contribution < -0.4 is 0 Å². The zero-order valence-electron chi connectivity index (χ0n) is 5.54. The summed E-state index contributed by atoms with van der Waals surface area (Å²) in [6.07, 6.45) is 4.48. The van der Waals surface area contributed by atoms with Crippen LogP contribution in [0.5, 0.6) is 0 Å². The molecule has 0 saturated carbocycles. The molecule has 0 aromatic carbocycles. The minimum absolute atomic E-state index is 0.568. The summed E-state index contributed by atoms with van der Waals surface area (Å²) < 4.78 is 0. The first-order valence-corrected chi connectivity index (χ1v) is 3.16. The lowest BCUT2D eigenvalue weighted by molar-refractivity contribution is 0.719. The van der Waals surface area contributed by atoms with Crippen LogP contribution in [0.15, 0.2) is 5.57 Å². The maximum atomic E-state index is 6.96. The highest BCUT2D eigenvalue weighted by molar-refractivity contribution is 4.93. The summed E-state index contributed by atoms with van der Waals surface area (Å²) in [4.78, 5) is 0. The van der Waals surface area contributed by atoms with Crippen molar-refractivity contribution in [3.05, 3.63) is 19.1 Å². The van der Waals surface area contributed by atoms with Crippen LogP contribution in [-0.2, 0) is 0 Å². The highest BCUT2D eigenvalue weighted by Crippen LogP contribution is 2.03. The van der Waals surface area contributed by atoms with Crippen LogP contribution in [0.2, 0.25) is 0 Å². The predicted octanol–water partition coefficient (Wildman–Crippen LogP) is 2.64. The fourth-order valence-electron chi connectivity index (χ4n) is 0.588. The Bertz CT molecular complexity index is 62.4. The van der Waals surface area contributed by atoms with E-state index in [0.717, 1.165) is 12.8 Å². The van der Waals surface area contributed by atoms with E-state index in [1.807, 2.05) is 0 Å². The van der Waals surface area contributed by atoms with Crippen LogP contribution in [0.25, 0.3) is 0 Å². The van der Waals surface area contributed by atoms with Gasteiger partial charge in [0.1, 0.15) is 0 Å². The quantitative estimate of drug-likeness (QED) is 0.384. The molecule has 0 atom stereocenters. The Labute approximate surface area is 52.6 Å². The molecule has 0 heteroatoms. The summed E-state index contributed by atoms with van der Waals surface area (Å²) in [5.74, 6) is 0. The predicted molar refractivity (Wildman–Crippen MR) is 36.3 cm³/mol. The number of allylic oxidation sites excluding steroid dienone is 1. The second-order valence-electron chi connectivity index (χ2n) is 2.06. The number of hydrogen-bond donors (Lipinski definition) is 0. The van der Waals surface area contributed by atoms with Crippen LogP contribution in [0.1, 0.15) is 32.6 Å². The molecule has 0 N–H and O–H groups in total. The van der Waals surface area contributed by atoms with Gasteiger partial charge in [0.25, 0.3) is 0 Å². The van der Waals surface area contributed by atoms with Gasteiger partial charge in [-0.1, -0.05) is 19.8 Å². The lowest BCUT2D eigenvalue weighted by Crippen LogP contribution is -1.75. The van der Waals surface area contributed by atoms with Crippen LogP contribution >= 0.6 is 0 Å². The molecule has 0 aromatic rings. The monoisotopic (exact) mass is 109 g/mol. The average molecular weight is 109 g/mol. The summed E-state index contributed by atoms with van der Waals surface area (Å²) in [5.41, 5.74) is 0.568. The van der Waals surface area contributed by atoms with Crippen molar-refractivity contribution in [1.29, 1.82) is 0 Å². The average Bonchev–Trinajstić information content (AvgIpc) is 1.66. The molecule has 2 radical (unpaired) electrons. The number of rotatable bonds is 4. The van der Waals surface area contributed by atoms with Crippen molar-refractivity contribution >= 4 is 0 Å². The van der Waals surface area contributed by atoms with E-state index in [-0.39, 0.29) is 0 Å². The molecule has 0 unspecified atom stereocenters. The van der Waals surface area contributed by atoms with Crippen LogP contribution in [0, 0.1) is 13.5 Å². The van der Waals surface area contributed by atoms with E-state index in [0.29, 0.717) is 5.57 Å². The molecule has 0 spiro atoms. The largest absolute Gasteiger partial charge is 0.332 e. The Morgan fingerprint density at radius 2 is 2.12 bits per heavy atom. The molecule has 0 aliphatic carbocycles. The standard InChI is InChI=1S/C8H13/c1-4-5-6-7-8(2)3/h2,4-7H2,1H3/q+1. The van der Waals surface area contributed by atoms with E-state index in [4.69, 9.17) is 6.58 Å². The molecule has 0 aliphatic rings. The van der Waals surface area contributed by atoms with Gasteiger partial charge in [-0.3, -0.25) is 0 Å². The van der Waals surface area contributed by atoms with Crippen molar-refractivity contribution in [3.63, 3.8) is 0 Å². The minimum Gasteiger partial charge on any atom is -0.0654 e. The smallest absolute Gasteiger partial charge is 0.0654 e. The molecular weight excluding hydrogens is 96.1 g/mol. The first-order chi connectivity index (χ1) is 3.77. The topological polar surface area (TPSA) is 0 Å². The lowest BCUT2D eigenvalue weighted by Gasteiger charge is -1.88. The zero-order chi connectivity index (χ0) is 6.41. The van der Waals surface area contributed by atoms with Crippen molar-refractivity contribution < 1.29 is 0 Å². The highest BCUT2D eigenvalue weighted by Gasteiger charge is 1.93. The Hall–Kier alpha value is -0.390. The summed E-state index contributed by atoms with van der Waals surface area (Å²) in [6, 6.07) is 0. The van der Waals surface area contributed by atoms with E-state index >= 15 is 0 Å². The third kappa shape index (κ3) is 5.61. The van der Waals surface area contributed by atoms with E-state index in [1.165, 1.54) is 12.8 Å². The van der Waals surface area contributed by atoms with Gasteiger partial charge in [-0.15, -0.1) is 0 Å². The van der Waals surface area contributed by atoms with Crippen molar-refractivity contribution in [3.8, 4) is 0 Å². The van der Waals surface area contributed by atoms with Gasteiger partial charge in [0.15, 0.2) is 5.57 Å². The summed E-state index contributed by atoms with van der Waals surface area (Å²) >= 11 is 0. The molecule has 0 nitrogen and oxygen atoms in total. The molecular formula is C8H13+. The van der Waals surface area contributed by atoms with Crippen molar-refractivity contribution in [2.45, 2.75) is 32.6 Å². The van der Waals surface area contributed by atoms with E-state index in [1.54, 1.807) is 0 Å². The third-order valence-electron chi connectivity index (χ3n) is 1.08. The van der Waals surface area contributed by atoms with Gasteiger partial charge in [0, 0.05) is 13.3 Å². The second-order valence-corrected chi connectivity index (χ2v) is 2.06. The first-order valence-electron chi connectivity index (χ1n) is 3.16. The van der Waals surface area contributed by atoms with Crippen molar-refractivity contribution in [2.75, 3.05) is 0 Å². The summed E-state index contributed by atoms with van der Waals surface area (Å²) in [6.45, 7) is 12.6. The van der Waals surface area contributed by atoms with Crippen LogP contribution in [0.3, 0.4) is 0 Å². The fourth-order valence-corrected chi connectivity index (χ4v) is 0.588. The van der Waals surface area contributed by atoms with Gasteiger partial charge < -0.3 is 0 Å². The Morgan fingerprint density at radius 1 is 1.50 bits per heavy atom. The molecule has 0 heterocycles. The Kier molecular flexibility index (Phi) is 4.53. The third-order valence-corrected chi connectivity index (χ3v) is 1.08. The Morgan fingerprint density at radius 3 is 2.50 bits per heavy atom. The molecule has 8 heavy (non-hydrogen) atoms. The maximum absolute atomic E-state index is 6.96. The number of unbranched alkanes of at least 4 members (excludes halogenated alkanes) is 2. The minimum atomic E-state index is 0.568. The lowest BCUT2D eigenvalue weighted by atomic mass is 10.1. The SMILES string of the molecule is [C]=C([CH2+])CCCCC. The van der Waals surface area contributed by atoms with Crippen molar-refractivity contribution in [1.82, 2.24) is 0 Å². The fraction of sp³-hybridized carbons (Fsp3) is 0.625. The normalized spacial score (nSPS) is 9.12. The van der Waals surface area contributed by atoms with Gasteiger partial charge in [0.05, 0.1) is 0 Å². The molecule has 0 fully saturated rings. The van der Waals surface area contributed by atoms with Crippen LogP contribution in [-0.4, -0.2) is 0 Å². The highest BCUT2D eigenvalue weighted by atomic mass is 13.9. The van der Waals surface area contributed by atoms with Crippen LogP contribution in [0.4, 0.5) is 0 Å². The molecule has 44 valence electrons. The van der Waals surface area contributed by atoms with Gasteiger partial charge >= 0.3 is 6.58 Å². The molecule has 0 bridgehead atoms. The van der Waals surface area contributed by atoms with Gasteiger partial charge in [-0.25, -0.2) is 0 Å². The summed E-state index contributed by atoms with van der Waals surface area (Å²) in [7, 11) is 0. The first kappa shape index (κ1) is 7.61. The van der Waals surface area contributed by atoms with E-state index in [9.17, 15) is 0 Å². The summed E-state index contributed by atoms with van der Waals surface area (Å²) in [5, 5.41) is 0. The van der Waals surface area contributed by atoms with E-state index < -0.39 is 0 Å². The molecule has 0 rings (SSSR count). The van der Waals surface area contributed by atoms with Gasteiger partial charge in [0.2, 0.25) is 0 Å². The number of hydrogen-bond acceptors (Lipinski definition) is 0. The second kappa shape index (κ2) is 4.76. The molecule has 0 saturated heterocycles. The van der Waals surface area contributed by atoms with Gasteiger partial charge in [-0.2, -0.15) is 0 Å². The van der Waals surface area contributed by atoms with Crippen molar-refractivity contribution in [2.24, 2.45) is 0 Å². The molecule has 0 aromatic heterocycles. The molecule has 0 amide bonds. The van der Waals surface area contributed by atoms with E-state index in [2.05, 4.69) is 13.8 Å². The Balaban J connectivity index is 2.82.